The topological polar surface area (TPSA) is 120 Å². The lowest BCUT2D eigenvalue weighted by molar-refractivity contribution is 0.0909. The monoisotopic (exact) mass is 312 g/mol. The molecule has 114 valence electrons. The summed E-state index contributed by atoms with van der Waals surface area (Å²) >= 11 is 0. The Balaban J connectivity index is 2.42. The first-order chi connectivity index (χ1) is 9.81. The highest BCUT2D eigenvalue weighted by Gasteiger charge is 2.23. The van der Waals surface area contributed by atoms with Gasteiger partial charge in [-0.25, -0.2) is 13.1 Å². The maximum Gasteiger partial charge on any atom is 0.314 e. The third kappa shape index (κ3) is 2.62. The molecule has 0 fully saturated rings. The third-order valence-corrected chi connectivity index (χ3v) is 4.45. The van der Waals surface area contributed by atoms with E-state index in [9.17, 15) is 13.2 Å². The van der Waals surface area contributed by atoms with Crippen molar-refractivity contribution in [3.63, 3.8) is 0 Å². The molecule has 2 aromatic rings. The highest BCUT2D eigenvalue weighted by Crippen LogP contribution is 2.17. The molecule has 0 unspecified atom stereocenters. The normalized spacial score (nSPS) is 11.8. The minimum atomic E-state index is -3.73. The largest absolute Gasteiger partial charge is 0.438 e. The highest BCUT2D eigenvalue weighted by atomic mass is 32.2. The number of nitrogens with zero attached hydrogens (tertiary/aromatic N) is 2. The Kier molecular flexibility index (Phi) is 3.99. The fourth-order valence-corrected chi connectivity index (χ4v) is 2.60. The number of rotatable bonds is 4. The minimum absolute atomic E-state index is 0.113. The maximum absolute atomic E-state index is 12.3. The van der Waals surface area contributed by atoms with Gasteiger partial charge < -0.3 is 10.2 Å². The molecule has 8 nitrogen and oxygen atoms in total. The summed E-state index contributed by atoms with van der Waals surface area (Å²) in [4.78, 5) is 12.3. The Morgan fingerprint density at radius 3 is 2.62 bits per heavy atom. The fraction of sp³-hybridized carbons (Fsp3) is 0.333. The Bertz CT molecular complexity index is 788. The van der Waals surface area contributed by atoms with Gasteiger partial charge in [0.15, 0.2) is 5.76 Å². The molecule has 2 aromatic heterocycles. The van der Waals surface area contributed by atoms with Crippen LogP contribution in [-0.2, 0) is 16.6 Å². The average Bonchev–Trinajstić information content (AvgIpc) is 3.04. The summed E-state index contributed by atoms with van der Waals surface area (Å²) in [6, 6.07) is 2.51. The van der Waals surface area contributed by atoms with Crippen LogP contribution in [0, 0.1) is 13.8 Å². The molecule has 0 aromatic carbocycles. The van der Waals surface area contributed by atoms with Crippen LogP contribution in [0.25, 0.3) is 0 Å². The molecule has 0 atom stereocenters. The molecule has 0 bridgehead atoms. The van der Waals surface area contributed by atoms with Crippen LogP contribution >= 0.6 is 0 Å². The molecular formula is C12H16N4O4S. The summed E-state index contributed by atoms with van der Waals surface area (Å²) in [5.74, 6) is -0.661. The first kappa shape index (κ1) is 15.4. The van der Waals surface area contributed by atoms with Gasteiger partial charge in [-0.15, -0.1) is 0 Å². The summed E-state index contributed by atoms with van der Waals surface area (Å²) in [6.45, 7) is 3.73. The van der Waals surface area contributed by atoms with Crippen molar-refractivity contribution in [3.05, 3.63) is 34.8 Å². The van der Waals surface area contributed by atoms with E-state index in [1.54, 1.807) is 13.8 Å². The number of furan rings is 1. The van der Waals surface area contributed by atoms with Gasteiger partial charge in [-0.3, -0.25) is 4.79 Å². The second kappa shape index (κ2) is 5.43. The molecular weight excluding hydrogens is 296 g/mol. The fourth-order valence-electron chi connectivity index (χ4n) is 1.95. The number of sulfonamides is 1. The minimum Gasteiger partial charge on any atom is -0.438 e. The Morgan fingerprint density at radius 1 is 1.43 bits per heavy atom. The van der Waals surface area contributed by atoms with Gasteiger partial charge in [0.25, 0.3) is 10.0 Å². The van der Waals surface area contributed by atoms with Gasteiger partial charge >= 0.3 is 5.91 Å². The summed E-state index contributed by atoms with van der Waals surface area (Å²) < 4.78 is 31.6. The number of aryl methyl sites for hydroxylation is 1. The molecule has 0 aliphatic carbocycles. The molecule has 2 rings (SSSR count). The standard InChI is InChI=1S/C12H16N4O4S/c1-7-9(6-13)8(2)16(15-7)12(17)10-4-5-11(20-10)21(18,19)14-3/h4-5,14H,6,13H2,1-3H3. The number of carbonyl (C=O) groups is 1. The number of hydrogen-bond acceptors (Lipinski definition) is 6. The summed E-state index contributed by atoms with van der Waals surface area (Å²) in [6.07, 6.45) is 0. The smallest absolute Gasteiger partial charge is 0.314 e. The van der Waals surface area contributed by atoms with Gasteiger partial charge in [-0.2, -0.15) is 9.78 Å². The van der Waals surface area contributed by atoms with Crippen LogP contribution in [0.1, 0.15) is 27.5 Å². The maximum atomic E-state index is 12.3. The lowest BCUT2D eigenvalue weighted by Gasteiger charge is -2.01. The van der Waals surface area contributed by atoms with Crippen molar-refractivity contribution in [1.82, 2.24) is 14.5 Å². The predicted molar refractivity (Wildman–Crippen MR) is 74.3 cm³/mol. The van der Waals surface area contributed by atoms with Crippen LogP contribution in [0.15, 0.2) is 21.6 Å². The lowest BCUT2D eigenvalue weighted by atomic mass is 10.2. The average molecular weight is 312 g/mol. The van der Waals surface area contributed by atoms with E-state index in [2.05, 4.69) is 9.82 Å². The molecule has 0 aliphatic rings. The van der Waals surface area contributed by atoms with E-state index in [4.69, 9.17) is 10.2 Å². The first-order valence-electron chi connectivity index (χ1n) is 6.15. The summed E-state index contributed by atoms with van der Waals surface area (Å²) in [7, 11) is -2.47. The highest BCUT2D eigenvalue weighted by molar-refractivity contribution is 7.89. The van der Waals surface area contributed by atoms with Crippen LogP contribution in [0.3, 0.4) is 0 Å². The third-order valence-electron chi connectivity index (χ3n) is 3.16. The molecule has 9 heteroatoms. The van der Waals surface area contributed by atoms with Crippen LogP contribution in [0.2, 0.25) is 0 Å². The lowest BCUT2D eigenvalue weighted by Crippen LogP contribution is -2.18. The van der Waals surface area contributed by atoms with E-state index in [-0.39, 0.29) is 17.4 Å². The van der Waals surface area contributed by atoms with Crippen LogP contribution in [-0.4, -0.2) is 31.2 Å². The van der Waals surface area contributed by atoms with E-state index < -0.39 is 15.9 Å². The second-order valence-electron chi connectivity index (χ2n) is 4.40. The van der Waals surface area contributed by atoms with Crippen LogP contribution in [0.5, 0.6) is 0 Å². The van der Waals surface area contributed by atoms with Crippen molar-refractivity contribution in [2.75, 3.05) is 7.05 Å². The Hall–Kier alpha value is -1.97. The van der Waals surface area contributed by atoms with Crippen LogP contribution in [0.4, 0.5) is 0 Å². The van der Waals surface area contributed by atoms with Gasteiger partial charge in [0.2, 0.25) is 5.09 Å². The Labute approximate surface area is 122 Å². The van der Waals surface area contributed by atoms with Gasteiger partial charge in [0, 0.05) is 17.8 Å². The van der Waals surface area contributed by atoms with Crippen molar-refractivity contribution < 1.29 is 17.6 Å². The number of nitrogens with one attached hydrogen (secondary N) is 1. The molecule has 0 radical (unpaired) electrons. The second-order valence-corrected chi connectivity index (χ2v) is 6.21. The van der Waals surface area contributed by atoms with Gasteiger partial charge in [0.1, 0.15) is 0 Å². The Morgan fingerprint density at radius 2 is 2.10 bits per heavy atom. The van der Waals surface area contributed by atoms with E-state index in [0.29, 0.717) is 11.4 Å². The van der Waals surface area contributed by atoms with Gasteiger partial charge in [-0.1, -0.05) is 0 Å². The number of hydrogen-bond donors (Lipinski definition) is 2. The van der Waals surface area contributed by atoms with Crippen molar-refractivity contribution >= 4 is 15.9 Å². The molecule has 0 saturated heterocycles. The first-order valence-corrected chi connectivity index (χ1v) is 7.63. The SMILES string of the molecule is CNS(=O)(=O)c1ccc(C(=O)n2nc(C)c(CN)c2C)o1. The van der Waals surface area contributed by atoms with Crippen molar-refractivity contribution in [1.29, 1.82) is 0 Å². The molecule has 3 N–H and O–H groups in total. The quantitative estimate of drug-likeness (QED) is 0.829. The zero-order chi connectivity index (χ0) is 15.8. The van der Waals surface area contributed by atoms with Crippen molar-refractivity contribution in [2.45, 2.75) is 25.5 Å². The zero-order valence-corrected chi connectivity index (χ0v) is 12.7. The van der Waals surface area contributed by atoms with Gasteiger partial charge in [-0.05, 0) is 33.0 Å². The van der Waals surface area contributed by atoms with E-state index in [1.807, 2.05) is 0 Å². The summed E-state index contributed by atoms with van der Waals surface area (Å²) in [5.41, 5.74) is 7.64. The zero-order valence-electron chi connectivity index (χ0n) is 11.9. The predicted octanol–water partition coefficient (Wildman–Crippen LogP) is 0.148. The summed E-state index contributed by atoms with van der Waals surface area (Å²) in [5, 5.41) is 3.79. The van der Waals surface area contributed by atoms with Gasteiger partial charge in [0.05, 0.1) is 5.69 Å². The molecule has 0 saturated carbocycles. The number of nitrogens with two attached hydrogens (primary N) is 1. The molecule has 0 spiro atoms. The van der Waals surface area contributed by atoms with Crippen molar-refractivity contribution in [2.24, 2.45) is 5.73 Å². The molecule has 0 aliphatic heterocycles. The number of aromatic nitrogens is 2. The van der Waals surface area contributed by atoms with E-state index in [0.717, 1.165) is 10.2 Å². The molecule has 2 heterocycles. The molecule has 0 amide bonds. The van der Waals surface area contributed by atoms with Crippen molar-refractivity contribution in [3.8, 4) is 0 Å². The van der Waals surface area contributed by atoms with E-state index >= 15 is 0 Å². The number of carbonyl (C=O) groups excluding carboxylic acids is 1. The van der Waals surface area contributed by atoms with Crippen LogP contribution < -0.4 is 10.5 Å². The molecule has 21 heavy (non-hydrogen) atoms. The van der Waals surface area contributed by atoms with E-state index in [1.165, 1.54) is 19.2 Å².